The summed E-state index contributed by atoms with van der Waals surface area (Å²) in [6, 6.07) is 11.3. The monoisotopic (exact) mass is 315 g/mol. The van der Waals surface area contributed by atoms with Crippen LogP contribution in [0.4, 0.5) is 4.39 Å². The highest BCUT2D eigenvalue weighted by Crippen LogP contribution is 2.22. The maximum Gasteiger partial charge on any atom is 0.251 e. The van der Waals surface area contributed by atoms with Crippen LogP contribution < -0.4 is 5.32 Å². The number of carbonyl (C=O) groups excluding carboxylic acids is 1. The molecule has 0 aliphatic heterocycles. The maximum absolute atomic E-state index is 12.9. The largest absolute Gasteiger partial charge is 0.350 e. The molecule has 0 aliphatic rings. The smallest absolute Gasteiger partial charge is 0.251 e. The number of hydrogen-bond donors (Lipinski definition) is 1. The molecule has 2 aromatic heterocycles. The molecule has 1 N–H and O–H groups in total. The Bertz CT molecular complexity index is 689. The lowest BCUT2D eigenvalue weighted by molar-refractivity contribution is 0.0949. The van der Waals surface area contributed by atoms with Gasteiger partial charge in [0.05, 0.1) is 0 Å². The average molecular weight is 315 g/mol. The molecule has 4 nitrogen and oxygen atoms in total. The summed E-state index contributed by atoms with van der Waals surface area (Å²) in [7, 11) is 0. The van der Waals surface area contributed by atoms with Crippen molar-refractivity contribution in [3.63, 3.8) is 0 Å². The number of benzene rings is 1. The third-order valence-electron chi connectivity index (χ3n) is 3.28. The van der Waals surface area contributed by atoms with E-state index in [2.05, 4.69) is 10.4 Å². The van der Waals surface area contributed by atoms with Crippen molar-refractivity contribution in [3.05, 3.63) is 76.5 Å². The first-order chi connectivity index (χ1) is 10.7. The van der Waals surface area contributed by atoms with Gasteiger partial charge in [-0.2, -0.15) is 5.10 Å². The number of amides is 1. The summed E-state index contributed by atoms with van der Waals surface area (Å²) in [4.78, 5) is 13.3. The number of hydrogen-bond acceptors (Lipinski definition) is 3. The minimum atomic E-state index is -0.357. The van der Waals surface area contributed by atoms with E-state index in [1.807, 2.05) is 34.5 Å². The van der Waals surface area contributed by atoms with Crippen molar-refractivity contribution in [3.8, 4) is 0 Å². The summed E-state index contributed by atoms with van der Waals surface area (Å²) in [5, 5.41) is 9.13. The second-order valence-electron chi connectivity index (χ2n) is 4.73. The Labute approximate surface area is 131 Å². The zero-order valence-electron chi connectivity index (χ0n) is 11.6. The van der Waals surface area contributed by atoms with E-state index < -0.39 is 0 Å². The quantitative estimate of drug-likeness (QED) is 0.786. The first-order valence-electron chi connectivity index (χ1n) is 6.80. The van der Waals surface area contributed by atoms with Crippen molar-refractivity contribution in [1.82, 2.24) is 15.1 Å². The van der Waals surface area contributed by atoms with E-state index >= 15 is 0 Å². The number of halogens is 1. The Morgan fingerprint density at radius 2 is 2.09 bits per heavy atom. The van der Waals surface area contributed by atoms with Gasteiger partial charge in [-0.3, -0.25) is 9.48 Å². The fraction of sp³-hybridized carbons (Fsp3) is 0.125. The normalized spacial score (nSPS) is 12.0. The fourth-order valence-corrected chi connectivity index (χ4v) is 2.98. The Morgan fingerprint density at radius 3 is 2.73 bits per heavy atom. The third kappa shape index (κ3) is 3.23. The number of nitrogens with zero attached hydrogens (tertiary/aromatic N) is 2. The average Bonchev–Trinajstić information content (AvgIpc) is 3.22. The van der Waals surface area contributed by atoms with Gasteiger partial charge >= 0.3 is 0 Å². The molecule has 0 saturated carbocycles. The molecule has 1 atom stereocenters. The molecule has 3 rings (SSSR count). The molecule has 0 saturated heterocycles. The minimum Gasteiger partial charge on any atom is -0.350 e. The molecular formula is C16H14FN3OS. The molecule has 1 amide bonds. The number of rotatable bonds is 5. The van der Waals surface area contributed by atoms with Gasteiger partial charge in [0.2, 0.25) is 0 Å². The minimum absolute atomic E-state index is 0.0561. The van der Waals surface area contributed by atoms with E-state index in [1.165, 1.54) is 24.3 Å². The fourth-order valence-electron chi connectivity index (χ4n) is 2.16. The van der Waals surface area contributed by atoms with Gasteiger partial charge in [-0.1, -0.05) is 6.07 Å². The van der Waals surface area contributed by atoms with E-state index in [-0.39, 0.29) is 17.8 Å². The van der Waals surface area contributed by atoms with Crippen LogP contribution in [0.3, 0.4) is 0 Å². The maximum atomic E-state index is 12.9. The van der Waals surface area contributed by atoms with Crippen molar-refractivity contribution in [2.45, 2.75) is 6.04 Å². The molecule has 3 aromatic rings. The first-order valence-corrected chi connectivity index (χ1v) is 7.68. The Morgan fingerprint density at radius 1 is 1.27 bits per heavy atom. The molecule has 0 fully saturated rings. The summed E-state index contributed by atoms with van der Waals surface area (Å²) < 4.78 is 14.7. The van der Waals surface area contributed by atoms with Crippen LogP contribution in [0.2, 0.25) is 0 Å². The number of aromatic nitrogens is 2. The summed E-state index contributed by atoms with van der Waals surface area (Å²) in [6.07, 6.45) is 3.58. The summed E-state index contributed by atoms with van der Waals surface area (Å²) >= 11 is 1.62. The van der Waals surface area contributed by atoms with Crippen molar-refractivity contribution < 1.29 is 9.18 Å². The number of thiophene rings is 1. The number of carbonyl (C=O) groups is 1. The first kappa shape index (κ1) is 14.5. The van der Waals surface area contributed by atoms with Crippen molar-refractivity contribution in [1.29, 1.82) is 0 Å². The summed E-state index contributed by atoms with van der Waals surface area (Å²) in [6.45, 7) is 0.415. The zero-order chi connectivity index (χ0) is 15.4. The van der Waals surface area contributed by atoms with Gasteiger partial charge < -0.3 is 5.32 Å². The SMILES string of the molecule is O=C(NCC(c1cccs1)n1cccn1)c1ccc(F)cc1. The van der Waals surface area contributed by atoms with Crippen LogP contribution in [0.15, 0.2) is 60.2 Å². The highest BCUT2D eigenvalue weighted by molar-refractivity contribution is 7.10. The lowest BCUT2D eigenvalue weighted by Crippen LogP contribution is -2.31. The molecular weight excluding hydrogens is 301 g/mol. The van der Waals surface area contributed by atoms with Gasteiger partial charge in [0.15, 0.2) is 0 Å². The molecule has 22 heavy (non-hydrogen) atoms. The van der Waals surface area contributed by atoms with Crippen LogP contribution in [0.25, 0.3) is 0 Å². The topological polar surface area (TPSA) is 46.9 Å². The van der Waals surface area contributed by atoms with Crippen LogP contribution >= 0.6 is 11.3 Å². The van der Waals surface area contributed by atoms with E-state index in [0.717, 1.165) is 4.88 Å². The van der Waals surface area contributed by atoms with Gasteiger partial charge in [-0.05, 0) is 41.8 Å². The third-order valence-corrected chi connectivity index (χ3v) is 4.25. The zero-order valence-corrected chi connectivity index (χ0v) is 12.5. The van der Waals surface area contributed by atoms with E-state index in [1.54, 1.807) is 17.5 Å². The van der Waals surface area contributed by atoms with Gasteiger partial charge in [0.25, 0.3) is 5.91 Å². The molecule has 112 valence electrons. The summed E-state index contributed by atoms with van der Waals surface area (Å²) in [5.41, 5.74) is 0.437. The second kappa shape index (κ2) is 6.53. The molecule has 0 radical (unpaired) electrons. The van der Waals surface area contributed by atoms with Crippen LogP contribution in [0.5, 0.6) is 0 Å². The Kier molecular flexibility index (Phi) is 4.29. The van der Waals surface area contributed by atoms with Crippen LogP contribution in [-0.4, -0.2) is 22.2 Å². The van der Waals surface area contributed by atoms with Crippen LogP contribution in [0.1, 0.15) is 21.3 Å². The van der Waals surface area contributed by atoms with Gasteiger partial charge in [0, 0.05) is 29.4 Å². The van der Waals surface area contributed by atoms with Gasteiger partial charge in [0.1, 0.15) is 11.9 Å². The summed E-state index contributed by atoms with van der Waals surface area (Å²) in [5.74, 6) is -0.585. The van der Waals surface area contributed by atoms with Crippen molar-refractivity contribution in [2.75, 3.05) is 6.54 Å². The molecule has 1 aromatic carbocycles. The predicted octanol–water partition coefficient (Wildman–Crippen LogP) is 3.10. The number of nitrogens with one attached hydrogen (secondary N) is 1. The molecule has 0 bridgehead atoms. The second-order valence-corrected chi connectivity index (χ2v) is 5.71. The van der Waals surface area contributed by atoms with Gasteiger partial charge in [-0.25, -0.2) is 4.39 Å². The van der Waals surface area contributed by atoms with Crippen LogP contribution in [-0.2, 0) is 0 Å². The van der Waals surface area contributed by atoms with Crippen molar-refractivity contribution >= 4 is 17.2 Å². The highest BCUT2D eigenvalue weighted by atomic mass is 32.1. The standard InChI is InChI=1S/C16H14FN3OS/c17-13-6-4-12(5-7-13)16(21)18-11-14(15-3-1-10-22-15)20-9-2-8-19-20/h1-10,14H,11H2,(H,18,21). The van der Waals surface area contributed by atoms with E-state index in [4.69, 9.17) is 0 Å². The van der Waals surface area contributed by atoms with Crippen molar-refractivity contribution in [2.24, 2.45) is 0 Å². The molecule has 1 unspecified atom stereocenters. The molecule has 2 heterocycles. The van der Waals surface area contributed by atoms with E-state index in [0.29, 0.717) is 12.1 Å². The molecule has 6 heteroatoms. The molecule has 0 aliphatic carbocycles. The van der Waals surface area contributed by atoms with Crippen LogP contribution in [0, 0.1) is 5.82 Å². The highest BCUT2D eigenvalue weighted by Gasteiger charge is 2.16. The lowest BCUT2D eigenvalue weighted by atomic mass is 10.2. The Balaban J connectivity index is 1.72. The predicted molar refractivity (Wildman–Crippen MR) is 83.4 cm³/mol. The van der Waals surface area contributed by atoms with Gasteiger partial charge in [-0.15, -0.1) is 11.3 Å². The molecule has 0 spiro atoms. The lowest BCUT2D eigenvalue weighted by Gasteiger charge is -2.17. The van der Waals surface area contributed by atoms with E-state index in [9.17, 15) is 9.18 Å². The Hall–Kier alpha value is -2.47.